The maximum Gasteiger partial charge on any atom is 0.183 e. The first-order valence-corrected chi connectivity index (χ1v) is 4.24. The van der Waals surface area contributed by atoms with Gasteiger partial charge in [-0.15, -0.1) is 0 Å². The van der Waals surface area contributed by atoms with E-state index in [-0.39, 0.29) is 6.04 Å². The Morgan fingerprint density at radius 1 is 1.50 bits per heavy atom. The van der Waals surface area contributed by atoms with Crippen LogP contribution in [0, 0.1) is 0 Å². The molecule has 1 unspecified atom stereocenters. The Hall–Kier alpha value is 0.715. The Morgan fingerprint density at radius 2 is 2.00 bits per heavy atom. The minimum Gasteiger partial charge on any atom is -0.347 e. The fourth-order valence-electron chi connectivity index (χ4n) is 0.686. The highest BCUT2D eigenvalue weighted by Crippen LogP contribution is 2.02. The molecule has 2 radical (unpaired) electrons. The van der Waals surface area contributed by atoms with Gasteiger partial charge in [0, 0.05) is 6.04 Å². The minimum atomic E-state index is 0.289. The third-order valence-electron chi connectivity index (χ3n) is 1.41. The average Bonchev–Trinajstić information content (AvgIpc) is 1.87. The van der Waals surface area contributed by atoms with Crippen LogP contribution < -0.4 is 0 Å². The molecule has 1 atom stereocenters. The number of rotatable bonds is 4. The molecular weight excluding hydrogens is 240 g/mol. The second-order valence-corrected chi connectivity index (χ2v) is 3.29. The lowest BCUT2D eigenvalue weighted by Crippen LogP contribution is -2.38. The van der Waals surface area contributed by atoms with Gasteiger partial charge in [-0.3, -0.25) is 0 Å². The lowest BCUT2D eigenvalue weighted by molar-refractivity contribution is 0.236. The van der Waals surface area contributed by atoms with E-state index >= 15 is 0 Å². The van der Waals surface area contributed by atoms with Crippen molar-refractivity contribution in [1.29, 1.82) is 0 Å². The molecule has 0 N–H and O–H groups in total. The molecule has 0 amide bonds. The van der Waals surface area contributed by atoms with Crippen molar-refractivity contribution in [2.75, 3.05) is 6.61 Å². The molecule has 0 heterocycles. The van der Waals surface area contributed by atoms with Crippen LogP contribution in [-0.4, -0.2) is 31.5 Å². The van der Waals surface area contributed by atoms with E-state index < -0.39 is 0 Å². The maximum atomic E-state index is 5.70. The molecule has 0 spiro atoms. The van der Waals surface area contributed by atoms with E-state index in [0.29, 0.717) is 12.6 Å². The Balaban J connectivity index is 3.58. The number of hydrogen-bond acceptors (Lipinski definition) is 2. The van der Waals surface area contributed by atoms with Gasteiger partial charge in [-0.05, 0) is 13.0 Å². The second kappa shape index (κ2) is 5.38. The van der Waals surface area contributed by atoms with Crippen LogP contribution in [0.15, 0.2) is 0 Å². The molecular formula is C6H13BINO. The lowest BCUT2D eigenvalue weighted by atomic mass is 10.1. The summed E-state index contributed by atoms with van der Waals surface area (Å²) in [4.78, 5) is 1.79. The van der Waals surface area contributed by atoms with Crippen LogP contribution in [0.2, 0.25) is 0 Å². The van der Waals surface area contributed by atoms with Crippen molar-refractivity contribution in [2.24, 2.45) is 0 Å². The van der Waals surface area contributed by atoms with Crippen molar-refractivity contribution in [3.05, 3.63) is 0 Å². The van der Waals surface area contributed by atoms with Crippen LogP contribution in [-0.2, 0) is 3.07 Å². The van der Waals surface area contributed by atoms with Crippen molar-refractivity contribution in [3.63, 3.8) is 0 Å². The van der Waals surface area contributed by atoms with Gasteiger partial charge in [0.05, 0.1) is 6.61 Å². The van der Waals surface area contributed by atoms with Crippen molar-refractivity contribution in [1.82, 2.24) is 4.81 Å². The van der Waals surface area contributed by atoms with Crippen LogP contribution in [0.4, 0.5) is 0 Å². The van der Waals surface area contributed by atoms with Gasteiger partial charge in [0.25, 0.3) is 0 Å². The summed E-state index contributed by atoms with van der Waals surface area (Å²) in [6, 6.07) is 0.665. The molecule has 0 aliphatic carbocycles. The van der Waals surface area contributed by atoms with Crippen LogP contribution in [0.3, 0.4) is 0 Å². The summed E-state index contributed by atoms with van der Waals surface area (Å²) in [5.41, 5.74) is 0. The first-order valence-electron chi connectivity index (χ1n) is 3.36. The van der Waals surface area contributed by atoms with Gasteiger partial charge < -0.3 is 7.88 Å². The molecule has 0 aliphatic heterocycles. The molecule has 0 aliphatic rings. The first-order chi connectivity index (χ1) is 4.59. The predicted octanol–water partition coefficient (Wildman–Crippen LogP) is 1.54. The number of halogens is 1. The molecule has 2 nitrogen and oxygen atoms in total. The Kier molecular flexibility index (Phi) is 5.76. The summed E-state index contributed by atoms with van der Waals surface area (Å²) in [6.07, 6.45) is 0. The summed E-state index contributed by atoms with van der Waals surface area (Å²) in [5.74, 6) is 0. The second-order valence-electron chi connectivity index (χ2n) is 2.67. The summed E-state index contributed by atoms with van der Waals surface area (Å²) >= 11 is 1.88. The van der Waals surface area contributed by atoms with Crippen molar-refractivity contribution in [2.45, 2.75) is 32.9 Å². The van der Waals surface area contributed by atoms with Gasteiger partial charge in [-0.1, -0.05) is 13.8 Å². The maximum absolute atomic E-state index is 5.70. The quantitative estimate of drug-likeness (QED) is 0.556. The molecule has 0 aromatic carbocycles. The van der Waals surface area contributed by atoms with E-state index in [1.165, 1.54) is 0 Å². The van der Waals surface area contributed by atoms with Gasteiger partial charge in [0.2, 0.25) is 0 Å². The highest BCUT2D eigenvalue weighted by atomic mass is 127. The van der Waals surface area contributed by atoms with Gasteiger partial charge in [0.1, 0.15) is 23.0 Å². The summed E-state index contributed by atoms with van der Waals surface area (Å²) in [6.45, 7) is 6.83. The van der Waals surface area contributed by atoms with Crippen LogP contribution in [0.25, 0.3) is 0 Å². The molecule has 10 heavy (non-hydrogen) atoms. The van der Waals surface area contributed by atoms with Crippen molar-refractivity contribution < 1.29 is 3.07 Å². The number of nitrogens with zero attached hydrogens (tertiary/aromatic N) is 1. The zero-order chi connectivity index (χ0) is 8.15. The topological polar surface area (TPSA) is 12.5 Å². The van der Waals surface area contributed by atoms with Gasteiger partial charge in [-0.25, -0.2) is 0 Å². The highest BCUT2D eigenvalue weighted by molar-refractivity contribution is 14.1. The fourth-order valence-corrected chi connectivity index (χ4v) is 1.21. The largest absolute Gasteiger partial charge is 0.347 e. The normalized spacial score (nSPS) is 14.6. The minimum absolute atomic E-state index is 0.289. The molecule has 58 valence electrons. The van der Waals surface area contributed by atoms with E-state index in [0.717, 1.165) is 0 Å². The third kappa shape index (κ3) is 3.78. The molecule has 0 rings (SSSR count). The van der Waals surface area contributed by atoms with E-state index in [2.05, 4.69) is 13.8 Å². The molecule has 0 aromatic rings. The van der Waals surface area contributed by atoms with Crippen LogP contribution >= 0.6 is 23.0 Å². The standard InChI is InChI=1S/C6H13BINO/c1-5(2)9(7)6(3)4-10-8/h5-6H,4H2,1-3H3. The molecule has 4 heteroatoms. The monoisotopic (exact) mass is 253 g/mol. The van der Waals surface area contributed by atoms with Crippen molar-refractivity contribution >= 4 is 31.0 Å². The Labute approximate surface area is 78.4 Å². The summed E-state index contributed by atoms with van der Waals surface area (Å²) in [5, 5.41) is 0. The zero-order valence-electron chi connectivity index (χ0n) is 6.67. The van der Waals surface area contributed by atoms with E-state index in [9.17, 15) is 0 Å². The summed E-state index contributed by atoms with van der Waals surface area (Å²) < 4.78 is 4.92. The number of hydrogen-bond donors (Lipinski definition) is 0. The van der Waals surface area contributed by atoms with Gasteiger partial charge >= 0.3 is 0 Å². The van der Waals surface area contributed by atoms with E-state index in [4.69, 9.17) is 11.0 Å². The predicted molar refractivity (Wildman–Crippen MR) is 52.2 cm³/mol. The molecule has 0 aromatic heterocycles. The van der Waals surface area contributed by atoms with Gasteiger partial charge in [0.15, 0.2) is 7.98 Å². The molecule has 0 saturated carbocycles. The van der Waals surface area contributed by atoms with Crippen LogP contribution in [0.5, 0.6) is 0 Å². The van der Waals surface area contributed by atoms with Crippen LogP contribution in [0.1, 0.15) is 20.8 Å². The Bertz CT molecular complexity index is 91.8. The molecule has 0 bridgehead atoms. The fraction of sp³-hybridized carbons (Fsp3) is 1.00. The van der Waals surface area contributed by atoms with Gasteiger partial charge in [-0.2, -0.15) is 0 Å². The third-order valence-corrected chi connectivity index (χ3v) is 1.77. The lowest BCUT2D eigenvalue weighted by Gasteiger charge is -2.28. The Morgan fingerprint density at radius 3 is 2.30 bits per heavy atom. The zero-order valence-corrected chi connectivity index (χ0v) is 8.83. The molecule has 0 saturated heterocycles. The first kappa shape index (κ1) is 10.7. The van der Waals surface area contributed by atoms with E-state index in [1.54, 1.807) is 4.81 Å². The van der Waals surface area contributed by atoms with Crippen molar-refractivity contribution in [3.8, 4) is 0 Å². The highest BCUT2D eigenvalue weighted by Gasteiger charge is 2.10. The average molecular weight is 253 g/mol. The SMILES string of the molecule is [B]N(C(C)C)C(C)COI. The van der Waals surface area contributed by atoms with E-state index in [1.807, 2.05) is 29.9 Å². The molecule has 0 fully saturated rings. The smallest absolute Gasteiger partial charge is 0.183 e. The summed E-state index contributed by atoms with van der Waals surface area (Å²) in [7, 11) is 5.70.